The maximum Gasteiger partial charge on any atom is 0.328 e. The first-order valence-corrected chi connectivity index (χ1v) is 16.2. The SMILES string of the molecule is CCCCCCCC(=O)N(C)Cc1cc(-c2ccc(C[C@H](Nc3ccccc3C(=O)c3ccccc3)C(=O)OC)cc2)cs1. The lowest BCUT2D eigenvalue weighted by molar-refractivity contribution is -0.141. The van der Waals surface area contributed by atoms with Crippen molar-refractivity contribution in [3.05, 3.63) is 112 Å². The van der Waals surface area contributed by atoms with Gasteiger partial charge in [0, 0.05) is 41.6 Å². The number of para-hydroxylation sites is 1. The minimum Gasteiger partial charge on any atom is -0.467 e. The summed E-state index contributed by atoms with van der Waals surface area (Å²) in [5.74, 6) is -0.325. The summed E-state index contributed by atoms with van der Waals surface area (Å²) >= 11 is 1.66. The molecule has 1 aromatic heterocycles. The number of thiophene rings is 1. The molecule has 1 heterocycles. The number of carbonyl (C=O) groups excluding carboxylic acids is 3. The molecular formula is C37H42N2O4S. The Morgan fingerprint density at radius 2 is 1.57 bits per heavy atom. The highest BCUT2D eigenvalue weighted by molar-refractivity contribution is 7.10. The highest BCUT2D eigenvalue weighted by Gasteiger charge is 2.23. The largest absolute Gasteiger partial charge is 0.467 e. The van der Waals surface area contributed by atoms with Crippen molar-refractivity contribution < 1.29 is 19.1 Å². The van der Waals surface area contributed by atoms with E-state index in [1.165, 1.54) is 26.4 Å². The summed E-state index contributed by atoms with van der Waals surface area (Å²) in [6.45, 7) is 2.80. The van der Waals surface area contributed by atoms with Gasteiger partial charge in [0.05, 0.1) is 13.7 Å². The van der Waals surface area contributed by atoms with E-state index in [0.29, 0.717) is 36.2 Å². The van der Waals surface area contributed by atoms with E-state index in [4.69, 9.17) is 4.74 Å². The number of ether oxygens (including phenoxy) is 1. The molecule has 3 aromatic carbocycles. The fourth-order valence-electron chi connectivity index (χ4n) is 5.15. The van der Waals surface area contributed by atoms with Crippen molar-refractivity contribution in [1.29, 1.82) is 0 Å². The highest BCUT2D eigenvalue weighted by Crippen LogP contribution is 2.28. The van der Waals surface area contributed by atoms with Crippen LogP contribution in [0.5, 0.6) is 0 Å². The van der Waals surface area contributed by atoms with Crippen LogP contribution >= 0.6 is 11.3 Å². The normalized spacial score (nSPS) is 11.5. The van der Waals surface area contributed by atoms with Gasteiger partial charge in [-0.3, -0.25) is 9.59 Å². The van der Waals surface area contributed by atoms with E-state index in [1.54, 1.807) is 29.5 Å². The number of ketones is 1. The molecule has 4 aromatic rings. The summed E-state index contributed by atoms with van der Waals surface area (Å²) < 4.78 is 5.11. The molecule has 0 saturated carbocycles. The molecule has 1 amide bonds. The zero-order valence-electron chi connectivity index (χ0n) is 25.9. The number of nitrogens with zero attached hydrogens (tertiary/aromatic N) is 1. The summed E-state index contributed by atoms with van der Waals surface area (Å²) in [7, 11) is 3.25. The zero-order valence-corrected chi connectivity index (χ0v) is 26.7. The molecule has 0 unspecified atom stereocenters. The van der Waals surface area contributed by atoms with Gasteiger partial charge in [-0.25, -0.2) is 4.79 Å². The Labute approximate surface area is 265 Å². The molecular weight excluding hydrogens is 568 g/mol. The molecule has 0 aliphatic carbocycles. The Bertz CT molecular complexity index is 1510. The van der Waals surface area contributed by atoms with Gasteiger partial charge in [0.1, 0.15) is 6.04 Å². The molecule has 0 bridgehead atoms. The molecule has 230 valence electrons. The number of benzene rings is 3. The van der Waals surface area contributed by atoms with E-state index in [2.05, 4.69) is 23.7 Å². The molecule has 0 spiro atoms. The maximum atomic E-state index is 13.2. The van der Waals surface area contributed by atoms with Gasteiger partial charge in [0.15, 0.2) is 5.78 Å². The van der Waals surface area contributed by atoms with Crippen molar-refractivity contribution in [2.75, 3.05) is 19.5 Å². The van der Waals surface area contributed by atoms with Gasteiger partial charge < -0.3 is 15.0 Å². The number of nitrogens with one attached hydrogen (secondary N) is 1. The average molecular weight is 611 g/mol. The highest BCUT2D eigenvalue weighted by atomic mass is 32.1. The number of carbonyl (C=O) groups is 3. The fourth-order valence-corrected chi connectivity index (χ4v) is 6.10. The van der Waals surface area contributed by atoms with E-state index in [9.17, 15) is 14.4 Å². The molecule has 6 nitrogen and oxygen atoms in total. The van der Waals surface area contributed by atoms with E-state index in [0.717, 1.165) is 34.4 Å². The van der Waals surface area contributed by atoms with Crippen LogP contribution in [0.3, 0.4) is 0 Å². The number of anilines is 1. The summed E-state index contributed by atoms with van der Waals surface area (Å²) in [5, 5.41) is 5.39. The first-order valence-electron chi connectivity index (χ1n) is 15.3. The van der Waals surface area contributed by atoms with Crippen molar-refractivity contribution in [1.82, 2.24) is 4.90 Å². The third-order valence-electron chi connectivity index (χ3n) is 7.72. The van der Waals surface area contributed by atoms with E-state index in [-0.39, 0.29) is 11.7 Å². The van der Waals surface area contributed by atoms with Gasteiger partial charge in [-0.2, -0.15) is 0 Å². The second kappa shape index (κ2) is 16.6. The molecule has 1 N–H and O–H groups in total. The molecule has 0 saturated heterocycles. The van der Waals surface area contributed by atoms with Crippen molar-refractivity contribution in [3.8, 4) is 11.1 Å². The standard InChI is InChI=1S/C37H42N2O4S/c1-4-5-6-7-11-18-35(40)39(2)25-31-24-30(26-44-31)28-21-19-27(20-22-28)23-34(37(42)43-3)38-33-17-13-12-16-32(33)36(41)29-14-9-8-10-15-29/h8-10,12-17,19-22,24,26,34,38H,4-7,11,18,23,25H2,1-3H3/t34-/m0/s1. The number of methoxy groups -OCH3 is 1. The third-order valence-corrected chi connectivity index (χ3v) is 8.64. The molecule has 0 aliphatic rings. The molecule has 7 heteroatoms. The smallest absolute Gasteiger partial charge is 0.328 e. The minimum absolute atomic E-state index is 0.116. The maximum absolute atomic E-state index is 13.2. The number of hydrogen-bond donors (Lipinski definition) is 1. The lowest BCUT2D eigenvalue weighted by Crippen LogP contribution is -2.33. The Balaban J connectivity index is 1.39. The monoisotopic (exact) mass is 610 g/mol. The second-order valence-corrected chi connectivity index (χ2v) is 12.1. The summed E-state index contributed by atoms with van der Waals surface area (Å²) in [5.41, 5.74) is 4.80. The summed E-state index contributed by atoms with van der Waals surface area (Å²) in [6.07, 6.45) is 6.70. The number of esters is 1. The van der Waals surface area contributed by atoms with Gasteiger partial charge in [0.2, 0.25) is 5.91 Å². The van der Waals surface area contributed by atoms with E-state index < -0.39 is 12.0 Å². The van der Waals surface area contributed by atoms with Crippen LogP contribution in [0.25, 0.3) is 11.1 Å². The quantitative estimate of drug-likeness (QED) is 0.0787. The van der Waals surface area contributed by atoms with Crippen LogP contribution in [0.4, 0.5) is 5.69 Å². The molecule has 44 heavy (non-hydrogen) atoms. The number of unbranched alkanes of at least 4 members (excludes halogenated alkanes) is 4. The molecule has 0 radical (unpaired) electrons. The summed E-state index contributed by atoms with van der Waals surface area (Å²) in [4.78, 5) is 41.5. The van der Waals surface area contributed by atoms with Crippen molar-refractivity contribution in [2.45, 2.75) is 64.5 Å². The second-order valence-electron chi connectivity index (χ2n) is 11.1. The van der Waals surface area contributed by atoms with Crippen LogP contribution in [0.2, 0.25) is 0 Å². The van der Waals surface area contributed by atoms with Crippen LogP contribution in [0.15, 0.2) is 90.3 Å². The van der Waals surface area contributed by atoms with Crippen LogP contribution in [0.1, 0.15) is 71.8 Å². The Morgan fingerprint density at radius 1 is 0.864 bits per heavy atom. The van der Waals surface area contributed by atoms with Crippen LogP contribution in [-0.4, -0.2) is 42.8 Å². The molecule has 1 atom stereocenters. The predicted octanol–water partition coefficient (Wildman–Crippen LogP) is 8.16. The Hall–Kier alpha value is -4.23. The van der Waals surface area contributed by atoms with Crippen molar-refractivity contribution >= 4 is 34.7 Å². The average Bonchev–Trinajstić information content (AvgIpc) is 3.52. The summed E-state index contributed by atoms with van der Waals surface area (Å²) in [6, 6.07) is 25.9. The van der Waals surface area contributed by atoms with Gasteiger partial charge in [-0.1, -0.05) is 99.3 Å². The first-order chi connectivity index (χ1) is 21.4. The van der Waals surface area contributed by atoms with E-state index >= 15 is 0 Å². The van der Waals surface area contributed by atoms with Gasteiger partial charge in [-0.05, 0) is 46.7 Å². The van der Waals surface area contributed by atoms with Gasteiger partial charge in [0.25, 0.3) is 0 Å². The van der Waals surface area contributed by atoms with Crippen LogP contribution in [0, 0.1) is 0 Å². The van der Waals surface area contributed by atoms with E-state index in [1.807, 2.05) is 72.6 Å². The number of rotatable bonds is 16. The first kappa shape index (κ1) is 32.7. The van der Waals surface area contributed by atoms with Crippen molar-refractivity contribution in [3.63, 3.8) is 0 Å². The molecule has 4 rings (SSSR count). The molecule has 0 fully saturated rings. The van der Waals surface area contributed by atoms with Gasteiger partial charge in [-0.15, -0.1) is 11.3 Å². The number of hydrogen-bond acceptors (Lipinski definition) is 6. The Kier molecular flexibility index (Phi) is 12.3. The lowest BCUT2D eigenvalue weighted by atomic mass is 9.99. The third kappa shape index (κ3) is 9.13. The zero-order chi connectivity index (χ0) is 31.3. The van der Waals surface area contributed by atoms with Crippen LogP contribution in [-0.2, 0) is 27.3 Å². The van der Waals surface area contributed by atoms with Gasteiger partial charge >= 0.3 is 5.97 Å². The minimum atomic E-state index is -0.678. The van der Waals surface area contributed by atoms with Crippen molar-refractivity contribution in [2.24, 2.45) is 0 Å². The number of amides is 1. The lowest BCUT2D eigenvalue weighted by Gasteiger charge is -2.20. The molecule has 0 aliphatic heterocycles. The Morgan fingerprint density at radius 3 is 2.30 bits per heavy atom. The topological polar surface area (TPSA) is 75.7 Å². The predicted molar refractivity (Wildman–Crippen MR) is 179 cm³/mol. The fraction of sp³-hybridized carbons (Fsp3) is 0.324. The van der Waals surface area contributed by atoms with Crippen LogP contribution < -0.4 is 5.32 Å².